The number of halogens is 1. The van der Waals surface area contributed by atoms with Gasteiger partial charge >= 0.3 is 6.03 Å². The molecular formula is C20H22FN3O2. The first-order valence-electron chi connectivity index (χ1n) is 8.74. The number of amides is 3. The van der Waals surface area contributed by atoms with Gasteiger partial charge in [-0.05, 0) is 36.1 Å². The number of benzene rings is 2. The molecule has 5 nitrogen and oxygen atoms in total. The molecule has 1 fully saturated rings. The smallest absolute Gasteiger partial charge is 0.318 e. The average Bonchev–Trinajstić information content (AvgIpc) is 3.16. The number of carbonyl (C=O) groups is 2. The first-order chi connectivity index (χ1) is 12.6. The fourth-order valence-electron chi connectivity index (χ4n) is 3.07. The van der Waals surface area contributed by atoms with Gasteiger partial charge in [-0.15, -0.1) is 0 Å². The molecule has 0 aliphatic carbocycles. The van der Waals surface area contributed by atoms with Crippen molar-refractivity contribution >= 4 is 11.9 Å². The maximum Gasteiger partial charge on any atom is 0.318 e. The second-order valence-corrected chi connectivity index (χ2v) is 6.34. The van der Waals surface area contributed by atoms with E-state index >= 15 is 0 Å². The van der Waals surface area contributed by atoms with Crippen LogP contribution in [0.2, 0.25) is 0 Å². The molecule has 136 valence electrons. The highest BCUT2D eigenvalue weighted by Gasteiger charge is 2.33. The number of hydrogen-bond acceptors (Lipinski definition) is 2. The van der Waals surface area contributed by atoms with Crippen molar-refractivity contribution in [3.63, 3.8) is 0 Å². The van der Waals surface area contributed by atoms with Gasteiger partial charge in [0.15, 0.2) is 0 Å². The van der Waals surface area contributed by atoms with Crippen LogP contribution in [0.5, 0.6) is 0 Å². The second kappa shape index (κ2) is 8.47. The SMILES string of the molecule is O=C(NCc1ccc(F)cc1)[C@@H]1CCCN1C(=O)NCc1ccccc1. The molecule has 2 N–H and O–H groups in total. The minimum absolute atomic E-state index is 0.179. The zero-order chi connectivity index (χ0) is 18.4. The minimum atomic E-state index is -0.466. The second-order valence-electron chi connectivity index (χ2n) is 6.34. The van der Waals surface area contributed by atoms with Crippen LogP contribution in [-0.4, -0.2) is 29.4 Å². The van der Waals surface area contributed by atoms with E-state index in [1.165, 1.54) is 12.1 Å². The molecule has 2 aromatic carbocycles. The maximum atomic E-state index is 12.9. The van der Waals surface area contributed by atoms with E-state index in [1.54, 1.807) is 17.0 Å². The van der Waals surface area contributed by atoms with Gasteiger partial charge in [-0.1, -0.05) is 42.5 Å². The van der Waals surface area contributed by atoms with Gasteiger partial charge in [0.2, 0.25) is 5.91 Å². The lowest BCUT2D eigenvalue weighted by molar-refractivity contribution is -0.124. The molecule has 0 aromatic heterocycles. The minimum Gasteiger partial charge on any atom is -0.350 e. The monoisotopic (exact) mass is 355 g/mol. The molecule has 1 aliphatic rings. The van der Waals surface area contributed by atoms with E-state index in [0.717, 1.165) is 17.5 Å². The fraction of sp³-hybridized carbons (Fsp3) is 0.300. The third kappa shape index (κ3) is 4.59. The molecule has 0 bridgehead atoms. The van der Waals surface area contributed by atoms with Gasteiger partial charge in [-0.2, -0.15) is 0 Å². The topological polar surface area (TPSA) is 61.4 Å². The van der Waals surface area contributed by atoms with Crippen LogP contribution in [0.4, 0.5) is 9.18 Å². The maximum absolute atomic E-state index is 12.9. The molecule has 1 aliphatic heterocycles. The predicted octanol–water partition coefficient (Wildman–Crippen LogP) is 2.82. The van der Waals surface area contributed by atoms with E-state index in [-0.39, 0.29) is 17.8 Å². The Morgan fingerprint density at radius 3 is 2.35 bits per heavy atom. The van der Waals surface area contributed by atoms with Crippen molar-refractivity contribution in [2.45, 2.75) is 32.0 Å². The number of urea groups is 1. The number of nitrogens with one attached hydrogen (secondary N) is 2. The zero-order valence-corrected chi connectivity index (χ0v) is 14.5. The summed E-state index contributed by atoms with van der Waals surface area (Å²) >= 11 is 0. The molecular weight excluding hydrogens is 333 g/mol. The molecule has 0 spiro atoms. The van der Waals surface area contributed by atoms with Crippen LogP contribution < -0.4 is 10.6 Å². The van der Waals surface area contributed by atoms with Crippen LogP contribution in [0.1, 0.15) is 24.0 Å². The molecule has 1 saturated heterocycles. The Hall–Kier alpha value is -2.89. The lowest BCUT2D eigenvalue weighted by atomic mass is 10.2. The van der Waals surface area contributed by atoms with Gasteiger partial charge in [0.1, 0.15) is 11.9 Å². The van der Waals surface area contributed by atoms with Gasteiger partial charge in [0.25, 0.3) is 0 Å². The van der Waals surface area contributed by atoms with Crippen molar-refractivity contribution < 1.29 is 14.0 Å². The Bertz CT molecular complexity index is 749. The van der Waals surface area contributed by atoms with Gasteiger partial charge in [-0.25, -0.2) is 9.18 Å². The number of likely N-dealkylation sites (tertiary alicyclic amines) is 1. The van der Waals surface area contributed by atoms with Crippen molar-refractivity contribution in [3.05, 3.63) is 71.5 Å². The quantitative estimate of drug-likeness (QED) is 0.866. The molecule has 0 saturated carbocycles. The number of carbonyl (C=O) groups excluding carboxylic acids is 2. The Balaban J connectivity index is 1.52. The van der Waals surface area contributed by atoms with E-state index in [9.17, 15) is 14.0 Å². The first-order valence-corrected chi connectivity index (χ1v) is 8.74. The Morgan fingerprint density at radius 1 is 0.962 bits per heavy atom. The summed E-state index contributed by atoms with van der Waals surface area (Å²) in [7, 11) is 0. The van der Waals surface area contributed by atoms with E-state index in [1.807, 2.05) is 30.3 Å². The van der Waals surface area contributed by atoms with Crippen LogP contribution in [0.15, 0.2) is 54.6 Å². The molecule has 3 rings (SSSR count). The van der Waals surface area contributed by atoms with Crippen molar-refractivity contribution in [3.8, 4) is 0 Å². The Labute approximate surface area is 152 Å². The van der Waals surface area contributed by atoms with Crippen LogP contribution in [0.25, 0.3) is 0 Å². The summed E-state index contributed by atoms with van der Waals surface area (Å²) in [6.45, 7) is 1.31. The lowest BCUT2D eigenvalue weighted by Crippen LogP contribution is -2.49. The normalized spacial score (nSPS) is 16.3. The van der Waals surface area contributed by atoms with Crippen molar-refractivity contribution in [2.75, 3.05) is 6.54 Å². The summed E-state index contributed by atoms with van der Waals surface area (Å²) in [6, 6.07) is 14.9. The number of hydrogen-bond donors (Lipinski definition) is 2. The fourth-order valence-corrected chi connectivity index (χ4v) is 3.07. The van der Waals surface area contributed by atoms with Gasteiger partial charge in [-0.3, -0.25) is 4.79 Å². The standard InChI is InChI=1S/C20H22FN3O2/c21-17-10-8-16(9-11-17)13-22-19(25)18-7-4-12-24(18)20(26)23-14-15-5-2-1-3-6-15/h1-3,5-6,8-11,18H,4,7,12-14H2,(H,22,25)(H,23,26)/t18-/m0/s1. The molecule has 1 heterocycles. The molecule has 0 radical (unpaired) electrons. The third-order valence-corrected chi connectivity index (χ3v) is 4.48. The van der Waals surface area contributed by atoms with Crippen molar-refractivity contribution in [1.29, 1.82) is 0 Å². The first kappa shape index (κ1) is 17.9. The molecule has 26 heavy (non-hydrogen) atoms. The van der Waals surface area contributed by atoms with E-state index < -0.39 is 6.04 Å². The van der Waals surface area contributed by atoms with E-state index in [2.05, 4.69) is 10.6 Å². The van der Waals surface area contributed by atoms with Gasteiger partial charge < -0.3 is 15.5 Å². The van der Waals surface area contributed by atoms with Crippen LogP contribution >= 0.6 is 0 Å². The predicted molar refractivity (Wildman–Crippen MR) is 96.7 cm³/mol. The van der Waals surface area contributed by atoms with E-state index in [4.69, 9.17) is 0 Å². The molecule has 0 unspecified atom stereocenters. The van der Waals surface area contributed by atoms with Crippen molar-refractivity contribution in [1.82, 2.24) is 15.5 Å². The summed E-state index contributed by atoms with van der Waals surface area (Å²) in [4.78, 5) is 26.5. The highest BCUT2D eigenvalue weighted by atomic mass is 19.1. The summed E-state index contributed by atoms with van der Waals surface area (Å²) in [5.74, 6) is -0.487. The zero-order valence-electron chi connectivity index (χ0n) is 14.5. The van der Waals surface area contributed by atoms with Crippen molar-refractivity contribution in [2.24, 2.45) is 0 Å². The molecule has 6 heteroatoms. The van der Waals surface area contributed by atoms with Gasteiger partial charge in [0, 0.05) is 19.6 Å². The molecule has 2 aromatic rings. The molecule has 1 atom stereocenters. The number of nitrogens with zero attached hydrogens (tertiary/aromatic N) is 1. The molecule has 3 amide bonds. The summed E-state index contributed by atoms with van der Waals surface area (Å²) in [5, 5.41) is 5.71. The third-order valence-electron chi connectivity index (χ3n) is 4.48. The highest BCUT2D eigenvalue weighted by molar-refractivity contribution is 5.87. The Morgan fingerprint density at radius 2 is 1.62 bits per heavy atom. The highest BCUT2D eigenvalue weighted by Crippen LogP contribution is 2.18. The van der Waals surface area contributed by atoms with E-state index in [0.29, 0.717) is 26.1 Å². The largest absolute Gasteiger partial charge is 0.350 e. The van der Waals surface area contributed by atoms with Crippen LogP contribution in [0.3, 0.4) is 0 Å². The van der Waals surface area contributed by atoms with Gasteiger partial charge in [0.05, 0.1) is 0 Å². The number of rotatable bonds is 5. The van der Waals surface area contributed by atoms with Crippen LogP contribution in [-0.2, 0) is 17.9 Å². The summed E-state index contributed by atoms with van der Waals surface area (Å²) in [5.41, 5.74) is 1.83. The lowest BCUT2D eigenvalue weighted by Gasteiger charge is -2.24. The van der Waals surface area contributed by atoms with Crippen LogP contribution in [0, 0.1) is 5.82 Å². The Kier molecular flexibility index (Phi) is 5.84. The summed E-state index contributed by atoms with van der Waals surface area (Å²) in [6.07, 6.45) is 1.45. The summed E-state index contributed by atoms with van der Waals surface area (Å²) < 4.78 is 12.9. The average molecular weight is 355 g/mol.